The minimum Gasteiger partial charge on any atom is -0.344 e. The van der Waals surface area contributed by atoms with E-state index in [4.69, 9.17) is 0 Å². The van der Waals surface area contributed by atoms with Crippen molar-refractivity contribution in [2.45, 2.75) is 11.4 Å². The fourth-order valence-electron chi connectivity index (χ4n) is 3.64. The van der Waals surface area contributed by atoms with E-state index in [1.807, 2.05) is 29.6 Å². The SMILES string of the molecule is O=C(c1cccc(S(=O)(=O)NCc2cccs2)c1)N1CCN(c2nc3cccnc3s2)CC1. The Kier molecular flexibility index (Phi) is 6.11. The fourth-order valence-corrected chi connectivity index (χ4v) is 6.38. The third-order valence-corrected chi connectivity index (χ3v) is 8.72. The van der Waals surface area contributed by atoms with Crippen LogP contribution in [-0.4, -0.2) is 55.4 Å². The molecule has 3 aromatic heterocycles. The summed E-state index contributed by atoms with van der Waals surface area (Å²) in [4.78, 5) is 27.9. The van der Waals surface area contributed by atoms with Gasteiger partial charge in [-0.25, -0.2) is 23.1 Å². The Bertz CT molecular complexity index is 1340. The van der Waals surface area contributed by atoms with Gasteiger partial charge in [-0.3, -0.25) is 4.79 Å². The maximum Gasteiger partial charge on any atom is 0.254 e. The standard InChI is InChI=1S/C22H21N5O3S3/c28-21(16-4-1-6-18(14-16)33(29,30)24-15-17-5-3-13-31-17)26-9-11-27(12-10-26)22-25-19-7-2-8-23-20(19)32-22/h1-8,13-14,24H,9-12,15H2. The molecule has 1 aliphatic heterocycles. The van der Waals surface area contributed by atoms with E-state index in [1.54, 1.807) is 34.6 Å². The number of carbonyl (C=O) groups is 1. The lowest BCUT2D eigenvalue weighted by Crippen LogP contribution is -2.48. The highest BCUT2D eigenvalue weighted by Crippen LogP contribution is 2.28. The smallest absolute Gasteiger partial charge is 0.254 e. The molecule has 8 nitrogen and oxygen atoms in total. The molecule has 0 aliphatic carbocycles. The van der Waals surface area contributed by atoms with Gasteiger partial charge in [-0.05, 0) is 41.8 Å². The van der Waals surface area contributed by atoms with Gasteiger partial charge >= 0.3 is 0 Å². The number of sulfonamides is 1. The van der Waals surface area contributed by atoms with E-state index in [9.17, 15) is 13.2 Å². The third kappa shape index (κ3) is 4.76. The summed E-state index contributed by atoms with van der Waals surface area (Å²) >= 11 is 3.03. The van der Waals surface area contributed by atoms with Crippen LogP contribution in [0.4, 0.5) is 5.13 Å². The summed E-state index contributed by atoms with van der Waals surface area (Å²) in [6.07, 6.45) is 1.76. The Morgan fingerprint density at radius 3 is 2.67 bits per heavy atom. The number of piperazine rings is 1. The maximum atomic E-state index is 13.1. The van der Waals surface area contributed by atoms with E-state index in [0.29, 0.717) is 31.7 Å². The number of benzene rings is 1. The zero-order valence-corrected chi connectivity index (χ0v) is 20.0. The van der Waals surface area contributed by atoms with Gasteiger partial charge in [-0.2, -0.15) is 0 Å². The fraction of sp³-hybridized carbons (Fsp3) is 0.227. The topological polar surface area (TPSA) is 95.5 Å². The second kappa shape index (κ2) is 9.18. The number of hydrogen-bond acceptors (Lipinski definition) is 8. The van der Waals surface area contributed by atoms with Crippen LogP contribution in [0.2, 0.25) is 0 Å². The Morgan fingerprint density at radius 2 is 1.91 bits per heavy atom. The third-order valence-electron chi connectivity index (χ3n) is 5.40. The van der Waals surface area contributed by atoms with Crippen LogP contribution in [0.3, 0.4) is 0 Å². The Labute approximate surface area is 199 Å². The Hall–Kier alpha value is -2.86. The molecule has 1 amide bonds. The number of rotatable bonds is 6. The van der Waals surface area contributed by atoms with Gasteiger partial charge in [0.1, 0.15) is 10.3 Å². The highest BCUT2D eigenvalue weighted by molar-refractivity contribution is 7.89. The first-order valence-corrected chi connectivity index (χ1v) is 13.6. The van der Waals surface area contributed by atoms with E-state index < -0.39 is 10.0 Å². The molecule has 4 aromatic rings. The van der Waals surface area contributed by atoms with Crippen molar-refractivity contribution >= 4 is 54.1 Å². The summed E-state index contributed by atoms with van der Waals surface area (Å²) in [7, 11) is -3.72. The van der Waals surface area contributed by atoms with Crippen molar-refractivity contribution in [1.29, 1.82) is 0 Å². The number of thiophene rings is 1. The summed E-state index contributed by atoms with van der Waals surface area (Å²) in [6.45, 7) is 2.62. The van der Waals surface area contributed by atoms with Crippen molar-refractivity contribution in [2.24, 2.45) is 0 Å². The van der Waals surface area contributed by atoms with Crippen LogP contribution >= 0.6 is 22.7 Å². The van der Waals surface area contributed by atoms with Gasteiger partial charge in [-0.15, -0.1) is 11.3 Å². The molecular formula is C22H21N5O3S3. The Morgan fingerprint density at radius 1 is 1.06 bits per heavy atom. The van der Waals surface area contributed by atoms with Crippen LogP contribution in [0.15, 0.2) is 65.0 Å². The van der Waals surface area contributed by atoms with Gasteiger partial charge in [0.25, 0.3) is 5.91 Å². The first kappa shape index (κ1) is 22.0. The molecule has 1 fully saturated rings. The Balaban J connectivity index is 1.24. The van der Waals surface area contributed by atoms with Gasteiger partial charge in [0.05, 0.1) is 4.90 Å². The zero-order valence-electron chi connectivity index (χ0n) is 17.5. The van der Waals surface area contributed by atoms with Crippen LogP contribution in [0.1, 0.15) is 15.2 Å². The molecule has 0 spiro atoms. The van der Waals surface area contributed by atoms with Crippen molar-refractivity contribution in [3.05, 3.63) is 70.5 Å². The molecule has 4 heterocycles. The van der Waals surface area contributed by atoms with E-state index in [0.717, 1.165) is 20.4 Å². The lowest BCUT2D eigenvalue weighted by molar-refractivity contribution is 0.0746. The number of hydrogen-bond donors (Lipinski definition) is 1. The molecule has 0 saturated carbocycles. The van der Waals surface area contributed by atoms with Gasteiger partial charge in [0.15, 0.2) is 5.13 Å². The molecule has 0 unspecified atom stereocenters. The molecule has 0 atom stereocenters. The molecule has 1 aliphatic rings. The minimum absolute atomic E-state index is 0.0884. The first-order valence-electron chi connectivity index (χ1n) is 10.4. The summed E-state index contributed by atoms with van der Waals surface area (Å²) in [6, 6.07) is 13.8. The lowest BCUT2D eigenvalue weighted by atomic mass is 10.2. The molecule has 1 saturated heterocycles. The van der Waals surface area contributed by atoms with Crippen LogP contribution in [0.5, 0.6) is 0 Å². The van der Waals surface area contributed by atoms with E-state index in [1.165, 1.54) is 23.5 Å². The van der Waals surface area contributed by atoms with Crippen LogP contribution < -0.4 is 9.62 Å². The molecule has 11 heteroatoms. The predicted molar refractivity (Wildman–Crippen MR) is 130 cm³/mol. The number of carbonyl (C=O) groups excluding carboxylic acids is 1. The largest absolute Gasteiger partial charge is 0.344 e. The van der Waals surface area contributed by atoms with Crippen LogP contribution in [-0.2, 0) is 16.6 Å². The second-order valence-electron chi connectivity index (χ2n) is 7.54. The molecule has 170 valence electrons. The van der Waals surface area contributed by atoms with Gasteiger partial charge in [0, 0.05) is 49.4 Å². The van der Waals surface area contributed by atoms with Crippen molar-refractivity contribution in [3.63, 3.8) is 0 Å². The molecular weight excluding hydrogens is 478 g/mol. The number of pyridine rings is 1. The predicted octanol–water partition coefficient (Wildman–Crippen LogP) is 3.19. The minimum atomic E-state index is -3.72. The highest BCUT2D eigenvalue weighted by atomic mass is 32.2. The first-order chi connectivity index (χ1) is 16.0. The number of nitrogens with zero attached hydrogens (tertiary/aromatic N) is 4. The number of amides is 1. The monoisotopic (exact) mass is 499 g/mol. The number of aromatic nitrogens is 2. The molecule has 33 heavy (non-hydrogen) atoms. The van der Waals surface area contributed by atoms with E-state index >= 15 is 0 Å². The summed E-state index contributed by atoms with van der Waals surface area (Å²) < 4.78 is 28.0. The maximum absolute atomic E-state index is 13.1. The molecule has 1 aromatic carbocycles. The molecule has 1 N–H and O–H groups in total. The average Bonchev–Trinajstić information content (AvgIpc) is 3.52. The van der Waals surface area contributed by atoms with E-state index in [2.05, 4.69) is 19.6 Å². The van der Waals surface area contributed by atoms with Crippen molar-refractivity contribution in [2.75, 3.05) is 31.1 Å². The zero-order chi connectivity index (χ0) is 22.8. The highest BCUT2D eigenvalue weighted by Gasteiger charge is 2.25. The van der Waals surface area contributed by atoms with Gasteiger partial charge in [-0.1, -0.05) is 23.5 Å². The number of fused-ring (bicyclic) bond motifs is 1. The summed E-state index contributed by atoms with van der Waals surface area (Å²) in [5.41, 5.74) is 1.24. The van der Waals surface area contributed by atoms with Crippen molar-refractivity contribution in [1.82, 2.24) is 19.6 Å². The van der Waals surface area contributed by atoms with Crippen LogP contribution in [0, 0.1) is 0 Å². The summed E-state index contributed by atoms with van der Waals surface area (Å²) in [5.74, 6) is -0.170. The molecule has 0 bridgehead atoms. The van der Waals surface area contributed by atoms with Gasteiger partial charge < -0.3 is 9.80 Å². The van der Waals surface area contributed by atoms with Gasteiger partial charge in [0.2, 0.25) is 10.0 Å². The van der Waals surface area contributed by atoms with E-state index in [-0.39, 0.29) is 17.3 Å². The number of thiazole rings is 1. The molecule has 0 radical (unpaired) electrons. The number of anilines is 1. The van der Waals surface area contributed by atoms with Crippen LogP contribution in [0.25, 0.3) is 10.3 Å². The number of nitrogens with one attached hydrogen (secondary N) is 1. The van der Waals surface area contributed by atoms with Crippen molar-refractivity contribution < 1.29 is 13.2 Å². The summed E-state index contributed by atoms with van der Waals surface area (Å²) in [5, 5.41) is 2.80. The normalized spacial score (nSPS) is 14.7. The second-order valence-corrected chi connectivity index (χ2v) is 11.3. The van der Waals surface area contributed by atoms with Crippen molar-refractivity contribution in [3.8, 4) is 0 Å². The quantitative estimate of drug-likeness (QED) is 0.438. The molecule has 5 rings (SSSR count). The lowest BCUT2D eigenvalue weighted by Gasteiger charge is -2.34. The average molecular weight is 500 g/mol.